The monoisotopic (exact) mass is 301 g/mol. The van der Waals surface area contributed by atoms with Crippen LogP contribution >= 0.6 is 0 Å². The zero-order chi connectivity index (χ0) is 15.4. The summed E-state index contributed by atoms with van der Waals surface area (Å²) in [5.41, 5.74) is 0.755. The van der Waals surface area contributed by atoms with E-state index in [9.17, 15) is 4.79 Å². The fourth-order valence-electron chi connectivity index (χ4n) is 2.76. The number of likely N-dealkylation sites (N-methyl/N-ethyl adjacent to an activating group) is 1. The molecule has 2 aromatic rings. The number of carbonyl (C=O) groups excluding carboxylic acids is 1. The Balaban J connectivity index is 1.42. The first-order chi connectivity index (χ1) is 10.7. The number of nitrogens with one attached hydrogen (secondary N) is 1. The van der Waals surface area contributed by atoms with Gasteiger partial charge in [-0.15, -0.1) is 0 Å². The van der Waals surface area contributed by atoms with Crippen LogP contribution in [0.1, 0.15) is 17.0 Å². The molecule has 0 radical (unpaired) electrons. The van der Waals surface area contributed by atoms with Crippen molar-refractivity contribution in [3.05, 3.63) is 36.1 Å². The molecule has 118 valence electrons. The van der Waals surface area contributed by atoms with Crippen LogP contribution in [0.3, 0.4) is 0 Å². The summed E-state index contributed by atoms with van der Waals surface area (Å²) in [5.74, 6) is 0.260. The van der Waals surface area contributed by atoms with Crippen LogP contribution in [-0.2, 0) is 0 Å². The quantitative estimate of drug-likeness (QED) is 0.856. The third kappa shape index (κ3) is 3.67. The molecule has 0 unspecified atom stereocenters. The van der Waals surface area contributed by atoms with E-state index in [1.54, 1.807) is 6.07 Å². The van der Waals surface area contributed by atoms with Crippen LogP contribution in [-0.4, -0.2) is 62.0 Å². The lowest BCUT2D eigenvalue weighted by Gasteiger charge is -2.32. The molecule has 1 fully saturated rings. The number of carbonyl (C=O) groups is 1. The molecule has 1 aliphatic heterocycles. The topological polar surface area (TPSA) is 48.7 Å². The molecule has 1 amide bonds. The molecular weight excluding hydrogens is 278 g/mol. The van der Waals surface area contributed by atoms with Crippen LogP contribution in [0.2, 0.25) is 0 Å². The predicted molar refractivity (Wildman–Crippen MR) is 87.1 cm³/mol. The Hall–Kier alpha value is -1.85. The van der Waals surface area contributed by atoms with Crippen LogP contribution in [0.15, 0.2) is 34.7 Å². The van der Waals surface area contributed by atoms with Gasteiger partial charge in [-0.25, -0.2) is 0 Å². The van der Waals surface area contributed by atoms with E-state index in [4.69, 9.17) is 4.42 Å². The summed E-state index contributed by atoms with van der Waals surface area (Å²) in [7, 11) is 2.16. The number of hydrogen-bond donors (Lipinski definition) is 1. The summed E-state index contributed by atoms with van der Waals surface area (Å²) in [4.78, 5) is 16.9. The maximum atomic E-state index is 12.1. The Kier molecular flexibility index (Phi) is 4.75. The van der Waals surface area contributed by atoms with Gasteiger partial charge >= 0.3 is 0 Å². The van der Waals surface area contributed by atoms with Crippen LogP contribution in [0, 0.1) is 0 Å². The van der Waals surface area contributed by atoms with E-state index in [2.05, 4.69) is 22.2 Å². The Morgan fingerprint density at radius 1 is 1.23 bits per heavy atom. The first-order valence-corrected chi connectivity index (χ1v) is 7.90. The molecule has 1 aliphatic rings. The molecule has 1 N–H and O–H groups in total. The molecule has 22 heavy (non-hydrogen) atoms. The molecular formula is C17H23N3O2. The summed E-state index contributed by atoms with van der Waals surface area (Å²) in [5, 5.41) is 3.90. The average Bonchev–Trinajstić information content (AvgIpc) is 2.97. The molecule has 1 aromatic heterocycles. The highest BCUT2D eigenvalue weighted by Crippen LogP contribution is 2.18. The maximum absolute atomic E-state index is 12.1. The Morgan fingerprint density at radius 2 is 2.00 bits per heavy atom. The molecule has 5 nitrogen and oxygen atoms in total. The smallest absolute Gasteiger partial charge is 0.287 e. The van der Waals surface area contributed by atoms with E-state index in [1.807, 2.05) is 24.3 Å². The number of piperazine rings is 1. The van der Waals surface area contributed by atoms with Gasteiger partial charge in [0, 0.05) is 38.1 Å². The zero-order valence-electron chi connectivity index (χ0n) is 13.0. The molecule has 0 bridgehead atoms. The minimum absolute atomic E-state index is 0.130. The number of benzene rings is 1. The molecule has 3 rings (SSSR count). The van der Waals surface area contributed by atoms with Gasteiger partial charge in [0.15, 0.2) is 5.76 Å². The second-order valence-electron chi connectivity index (χ2n) is 5.90. The summed E-state index contributed by atoms with van der Waals surface area (Å²) in [6.45, 7) is 6.22. The molecule has 0 aliphatic carbocycles. The van der Waals surface area contributed by atoms with Crippen LogP contribution in [0.5, 0.6) is 0 Å². The van der Waals surface area contributed by atoms with Gasteiger partial charge in [0.2, 0.25) is 0 Å². The highest BCUT2D eigenvalue weighted by molar-refractivity contribution is 5.95. The van der Waals surface area contributed by atoms with Crippen molar-refractivity contribution < 1.29 is 9.21 Å². The summed E-state index contributed by atoms with van der Waals surface area (Å²) < 4.78 is 5.56. The lowest BCUT2D eigenvalue weighted by Crippen LogP contribution is -2.45. The molecule has 0 spiro atoms. The number of fused-ring (bicyclic) bond motifs is 1. The van der Waals surface area contributed by atoms with E-state index in [0.29, 0.717) is 12.3 Å². The fraction of sp³-hybridized carbons (Fsp3) is 0.471. The lowest BCUT2D eigenvalue weighted by atomic mass is 10.2. The summed E-state index contributed by atoms with van der Waals surface area (Å²) in [6, 6.07) is 9.47. The third-order valence-electron chi connectivity index (χ3n) is 4.18. The standard InChI is InChI=1S/C17H23N3O2/c1-19-9-11-20(12-10-19)8-4-7-18-17(21)16-13-14-5-2-3-6-15(14)22-16/h2-3,5-6,13H,4,7-12H2,1H3,(H,18,21). The maximum Gasteiger partial charge on any atom is 0.287 e. The first-order valence-electron chi connectivity index (χ1n) is 7.90. The Morgan fingerprint density at radius 3 is 2.77 bits per heavy atom. The van der Waals surface area contributed by atoms with Gasteiger partial charge in [0.1, 0.15) is 5.58 Å². The molecule has 0 saturated carbocycles. The van der Waals surface area contributed by atoms with Crippen molar-refractivity contribution in [2.45, 2.75) is 6.42 Å². The predicted octanol–water partition coefficient (Wildman–Crippen LogP) is 1.80. The number of para-hydroxylation sites is 1. The van der Waals surface area contributed by atoms with Crippen molar-refractivity contribution in [1.29, 1.82) is 0 Å². The average molecular weight is 301 g/mol. The third-order valence-corrected chi connectivity index (χ3v) is 4.18. The highest BCUT2D eigenvalue weighted by atomic mass is 16.3. The van der Waals surface area contributed by atoms with Gasteiger partial charge in [-0.2, -0.15) is 0 Å². The van der Waals surface area contributed by atoms with E-state index >= 15 is 0 Å². The fourth-order valence-corrected chi connectivity index (χ4v) is 2.76. The molecule has 1 saturated heterocycles. The number of rotatable bonds is 5. The van der Waals surface area contributed by atoms with Crippen molar-refractivity contribution in [3.63, 3.8) is 0 Å². The van der Waals surface area contributed by atoms with Gasteiger partial charge in [-0.1, -0.05) is 18.2 Å². The van der Waals surface area contributed by atoms with Crippen LogP contribution in [0.4, 0.5) is 0 Å². The summed E-state index contributed by atoms with van der Waals surface area (Å²) >= 11 is 0. The SMILES string of the molecule is CN1CCN(CCCNC(=O)c2cc3ccccc3o2)CC1. The number of hydrogen-bond acceptors (Lipinski definition) is 4. The van der Waals surface area contributed by atoms with E-state index in [1.165, 1.54) is 0 Å². The van der Waals surface area contributed by atoms with Crippen LogP contribution < -0.4 is 5.32 Å². The minimum Gasteiger partial charge on any atom is -0.451 e. The van der Waals surface area contributed by atoms with Crippen LogP contribution in [0.25, 0.3) is 11.0 Å². The second-order valence-corrected chi connectivity index (χ2v) is 5.90. The van der Waals surface area contributed by atoms with E-state index in [0.717, 1.165) is 50.1 Å². The Bertz CT molecular complexity index is 597. The number of furan rings is 1. The minimum atomic E-state index is -0.130. The molecule has 2 heterocycles. The van der Waals surface area contributed by atoms with Crippen molar-refractivity contribution in [1.82, 2.24) is 15.1 Å². The van der Waals surface area contributed by atoms with Gasteiger partial charge in [0.25, 0.3) is 5.91 Å². The van der Waals surface area contributed by atoms with Gasteiger partial charge in [0.05, 0.1) is 0 Å². The largest absolute Gasteiger partial charge is 0.451 e. The molecule has 0 atom stereocenters. The van der Waals surface area contributed by atoms with Crippen molar-refractivity contribution in [2.24, 2.45) is 0 Å². The van der Waals surface area contributed by atoms with E-state index < -0.39 is 0 Å². The van der Waals surface area contributed by atoms with Gasteiger partial charge in [-0.3, -0.25) is 4.79 Å². The van der Waals surface area contributed by atoms with Crippen molar-refractivity contribution in [2.75, 3.05) is 46.3 Å². The van der Waals surface area contributed by atoms with Gasteiger partial charge in [-0.05, 0) is 32.1 Å². The summed E-state index contributed by atoms with van der Waals surface area (Å²) in [6.07, 6.45) is 0.968. The van der Waals surface area contributed by atoms with Gasteiger partial charge < -0.3 is 19.5 Å². The first kappa shape index (κ1) is 15.1. The van der Waals surface area contributed by atoms with Crippen molar-refractivity contribution >= 4 is 16.9 Å². The molecule has 1 aromatic carbocycles. The zero-order valence-corrected chi connectivity index (χ0v) is 13.0. The normalized spacial score (nSPS) is 17.0. The Labute approximate surface area is 130 Å². The number of amides is 1. The second kappa shape index (κ2) is 6.94. The highest BCUT2D eigenvalue weighted by Gasteiger charge is 2.14. The molecule has 5 heteroatoms. The van der Waals surface area contributed by atoms with Crippen molar-refractivity contribution in [3.8, 4) is 0 Å². The number of nitrogens with zero attached hydrogens (tertiary/aromatic N) is 2. The lowest BCUT2D eigenvalue weighted by molar-refractivity contribution is 0.0924. The van der Waals surface area contributed by atoms with E-state index in [-0.39, 0.29) is 5.91 Å².